The molecule has 4 aromatic heterocycles. The molecule has 0 aromatic carbocycles. The van der Waals surface area contributed by atoms with Gasteiger partial charge in [0.05, 0.1) is 17.2 Å². The van der Waals surface area contributed by atoms with E-state index in [1.807, 2.05) is 43.3 Å². The number of nitrogens with one attached hydrogen (secondary N) is 1. The van der Waals surface area contributed by atoms with E-state index in [1.54, 1.807) is 31.9 Å². The van der Waals surface area contributed by atoms with Crippen LogP contribution >= 0.6 is 0 Å². The summed E-state index contributed by atoms with van der Waals surface area (Å²) in [5.41, 5.74) is 13.1. The van der Waals surface area contributed by atoms with Gasteiger partial charge in [0.25, 0.3) is 0 Å². The number of nitrogens with zero attached hydrogens (tertiary/aromatic N) is 6. The van der Waals surface area contributed by atoms with E-state index in [1.165, 1.54) is 0 Å². The van der Waals surface area contributed by atoms with E-state index in [4.69, 9.17) is 10.7 Å². The van der Waals surface area contributed by atoms with Gasteiger partial charge in [-0.3, -0.25) is 15.0 Å². The van der Waals surface area contributed by atoms with Crippen molar-refractivity contribution in [2.24, 2.45) is 10.7 Å². The summed E-state index contributed by atoms with van der Waals surface area (Å²) in [5, 5.41) is 11.5. The zero-order valence-electron chi connectivity index (χ0n) is 19.1. The van der Waals surface area contributed by atoms with Crippen LogP contribution in [0.15, 0.2) is 60.0 Å². The van der Waals surface area contributed by atoms with E-state index in [-0.39, 0.29) is 0 Å². The second kappa shape index (κ2) is 9.52. The number of nitrogens with two attached hydrogens (primary N) is 1. The van der Waals surface area contributed by atoms with Gasteiger partial charge in [-0.25, -0.2) is 4.98 Å². The number of allylic oxidation sites excluding steroid dienone is 1. The molecule has 0 radical (unpaired) electrons. The summed E-state index contributed by atoms with van der Waals surface area (Å²) in [7, 11) is 1.71. The third-order valence-corrected chi connectivity index (χ3v) is 5.20. The number of aliphatic imine (C=N–C) groups is 1. The Kier molecular flexibility index (Phi) is 6.35. The Morgan fingerprint density at radius 2 is 1.85 bits per heavy atom. The quantitative estimate of drug-likeness (QED) is 0.425. The summed E-state index contributed by atoms with van der Waals surface area (Å²) in [4.78, 5) is 17.8. The van der Waals surface area contributed by atoms with Crippen molar-refractivity contribution < 1.29 is 0 Å². The van der Waals surface area contributed by atoms with Crippen molar-refractivity contribution in [1.29, 1.82) is 0 Å². The summed E-state index contributed by atoms with van der Waals surface area (Å²) >= 11 is 0. The highest BCUT2D eigenvalue weighted by Crippen LogP contribution is 2.25. The van der Waals surface area contributed by atoms with Gasteiger partial charge >= 0.3 is 0 Å². The smallest absolute Gasteiger partial charge is 0.154 e. The first-order valence-corrected chi connectivity index (χ1v) is 10.7. The lowest BCUT2D eigenvalue weighted by molar-refractivity contribution is 0.843. The van der Waals surface area contributed by atoms with Crippen molar-refractivity contribution in [2.45, 2.75) is 26.7 Å². The summed E-state index contributed by atoms with van der Waals surface area (Å²) < 4.78 is 0. The molecule has 0 saturated heterocycles. The zero-order chi connectivity index (χ0) is 23.4. The van der Waals surface area contributed by atoms with Crippen LogP contribution in [0.2, 0.25) is 0 Å². The Morgan fingerprint density at radius 1 is 1.00 bits per heavy atom. The number of hydrogen-bond donors (Lipinski definition) is 2. The van der Waals surface area contributed by atoms with Gasteiger partial charge in [0.2, 0.25) is 0 Å². The minimum Gasteiger partial charge on any atom is -0.398 e. The second-order valence-corrected chi connectivity index (χ2v) is 8.01. The van der Waals surface area contributed by atoms with Crippen molar-refractivity contribution in [2.75, 3.05) is 12.4 Å². The molecule has 8 heteroatoms. The minimum absolute atomic E-state index is 0.359. The Bertz CT molecular complexity index is 1360. The highest BCUT2D eigenvalue weighted by molar-refractivity contribution is 6.19. The number of aromatic nitrogens is 5. The van der Waals surface area contributed by atoms with E-state index >= 15 is 0 Å². The standard InChI is InChI=1S/C25H26N8/c1-15(2)18-11-24(33-30-13-18)32-23-6-5-21-22(31-23)10-19(12-29-21)20(14-27-4)25(26)17-7-8-28-16(3)9-17/h5-15H,26H2,1-4H3,(H,31,32,33). The first kappa shape index (κ1) is 22.0. The molecule has 4 rings (SSSR count). The Balaban J connectivity index is 1.73. The first-order chi connectivity index (χ1) is 15.9. The number of fused-ring (bicyclic) bond motifs is 1. The molecule has 0 fully saturated rings. The summed E-state index contributed by atoms with van der Waals surface area (Å²) in [6, 6.07) is 11.6. The largest absolute Gasteiger partial charge is 0.398 e. The molecule has 166 valence electrons. The van der Waals surface area contributed by atoms with Crippen molar-refractivity contribution in [3.05, 3.63) is 77.4 Å². The van der Waals surface area contributed by atoms with Crippen LogP contribution in [0.3, 0.4) is 0 Å². The van der Waals surface area contributed by atoms with Crippen molar-refractivity contribution in [3.8, 4) is 0 Å². The third-order valence-electron chi connectivity index (χ3n) is 5.20. The predicted molar refractivity (Wildman–Crippen MR) is 133 cm³/mol. The Hall–Kier alpha value is -4.20. The van der Waals surface area contributed by atoms with Crippen molar-refractivity contribution in [1.82, 2.24) is 25.1 Å². The van der Waals surface area contributed by atoms with Gasteiger partial charge in [0.15, 0.2) is 5.82 Å². The Labute approximate surface area is 192 Å². The van der Waals surface area contributed by atoms with Gasteiger partial charge in [-0.15, -0.1) is 5.10 Å². The molecule has 0 saturated carbocycles. The fourth-order valence-electron chi connectivity index (χ4n) is 3.41. The van der Waals surface area contributed by atoms with Gasteiger partial charge in [-0.05, 0) is 54.8 Å². The SMILES string of the molecule is CN=CC(=C(N)c1ccnc(C)c1)c1cnc2ccc(Nc3cc(C(C)C)cnn3)nc2c1. The number of anilines is 2. The molecule has 33 heavy (non-hydrogen) atoms. The van der Waals surface area contributed by atoms with Crippen LogP contribution in [0, 0.1) is 6.92 Å². The van der Waals surface area contributed by atoms with Crippen LogP contribution in [0.1, 0.15) is 42.1 Å². The van der Waals surface area contributed by atoms with Crippen LogP contribution < -0.4 is 11.1 Å². The van der Waals surface area contributed by atoms with Gasteiger partial charge in [0.1, 0.15) is 5.82 Å². The topological polar surface area (TPSA) is 115 Å². The molecule has 0 amide bonds. The highest BCUT2D eigenvalue weighted by Gasteiger charge is 2.11. The summed E-state index contributed by atoms with van der Waals surface area (Å²) in [6.07, 6.45) is 7.04. The second-order valence-electron chi connectivity index (χ2n) is 8.01. The number of aryl methyl sites for hydroxylation is 1. The number of hydrogen-bond acceptors (Lipinski definition) is 8. The van der Waals surface area contributed by atoms with E-state index in [2.05, 4.69) is 44.3 Å². The summed E-state index contributed by atoms with van der Waals surface area (Å²) in [5.74, 6) is 1.66. The van der Waals surface area contributed by atoms with Gasteiger partial charge in [-0.2, -0.15) is 5.10 Å². The molecule has 0 bridgehead atoms. The van der Waals surface area contributed by atoms with Crippen LogP contribution in [0.25, 0.3) is 22.3 Å². The predicted octanol–water partition coefficient (Wildman–Crippen LogP) is 4.52. The van der Waals surface area contributed by atoms with Crippen LogP contribution in [-0.4, -0.2) is 38.4 Å². The molecule has 4 aromatic rings. The van der Waals surface area contributed by atoms with Crippen molar-refractivity contribution >= 4 is 40.2 Å². The fraction of sp³-hybridized carbons (Fsp3) is 0.200. The normalized spacial score (nSPS) is 12.4. The minimum atomic E-state index is 0.359. The number of rotatable bonds is 6. The molecule has 0 aliphatic carbocycles. The molecule has 3 N–H and O–H groups in total. The van der Waals surface area contributed by atoms with Crippen LogP contribution in [-0.2, 0) is 0 Å². The first-order valence-electron chi connectivity index (χ1n) is 10.7. The van der Waals surface area contributed by atoms with E-state index in [0.717, 1.165) is 39.0 Å². The summed E-state index contributed by atoms with van der Waals surface area (Å²) in [6.45, 7) is 6.17. The molecule has 0 atom stereocenters. The third kappa shape index (κ3) is 5.01. The highest BCUT2D eigenvalue weighted by atomic mass is 15.2. The average molecular weight is 439 g/mol. The van der Waals surface area contributed by atoms with Crippen LogP contribution in [0.4, 0.5) is 11.6 Å². The monoisotopic (exact) mass is 438 g/mol. The zero-order valence-corrected chi connectivity index (χ0v) is 19.1. The molecule has 8 nitrogen and oxygen atoms in total. The maximum absolute atomic E-state index is 6.53. The molecule has 0 spiro atoms. The lowest BCUT2D eigenvalue weighted by Gasteiger charge is -2.11. The molecule has 0 unspecified atom stereocenters. The van der Waals surface area contributed by atoms with E-state index < -0.39 is 0 Å². The maximum Gasteiger partial charge on any atom is 0.154 e. The average Bonchev–Trinajstić information content (AvgIpc) is 2.82. The van der Waals surface area contributed by atoms with Crippen molar-refractivity contribution in [3.63, 3.8) is 0 Å². The van der Waals surface area contributed by atoms with Gasteiger partial charge in [-0.1, -0.05) is 13.8 Å². The van der Waals surface area contributed by atoms with Crippen LogP contribution in [0.5, 0.6) is 0 Å². The lowest BCUT2D eigenvalue weighted by Crippen LogP contribution is -2.04. The molecule has 4 heterocycles. The number of pyridine rings is 3. The van der Waals surface area contributed by atoms with Gasteiger partial charge in [0, 0.05) is 53.7 Å². The van der Waals surface area contributed by atoms with Gasteiger partial charge < -0.3 is 11.1 Å². The maximum atomic E-state index is 6.53. The molecular weight excluding hydrogens is 412 g/mol. The fourth-order valence-corrected chi connectivity index (χ4v) is 3.41. The molecular formula is C25H26N8. The lowest BCUT2D eigenvalue weighted by atomic mass is 10.0. The van der Waals surface area contributed by atoms with E-state index in [9.17, 15) is 0 Å². The molecule has 0 aliphatic rings. The van der Waals surface area contributed by atoms with E-state index in [0.29, 0.717) is 23.3 Å². The Morgan fingerprint density at radius 3 is 2.61 bits per heavy atom. The molecule has 0 aliphatic heterocycles.